The average molecular weight is 417 g/mol. The van der Waals surface area contributed by atoms with Gasteiger partial charge in [0.05, 0.1) is 5.75 Å². The first-order chi connectivity index (χ1) is 13.5. The molecule has 0 radical (unpaired) electrons. The van der Waals surface area contributed by atoms with Crippen molar-refractivity contribution in [3.05, 3.63) is 42.2 Å². The van der Waals surface area contributed by atoms with Gasteiger partial charge < -0.3 is 10.2 Å². The summed E-state index contributed by atoms with van der Waals surface area (Å²) >= 11 is 3.17. The van der Waals surface area contributed by atoms with Crippen LogP contribution in [0.25, 0.3) is 0 Å². The highest BCUT2D eigenvalue weighted by Gasteiger charge is 2.23. The predicted molar refractivity (Wildman–Crippen MR) is 118 cm³/mol. The Kier molecular flexibility index (Phi) is 7.62. The summed E-state index contributed by atoms with van der Waals surface area (Å²) in [5.41, 5.74) is 1.11. The zero-order valence-corrected chi connectivity index (χ0v) is 18.4. The number of amides is 1. The highest BCUT2D eigenvalue weighted by molar-refractivity contribution is 7.99. The Bertz CT molecular complexity index is 774. The van der Waals surface area contributed by atoms with E-state index in [0.29, 0.717) is 24.1 Å². The smallest absolute Gasteiger partial charge is 0.230 e. The van der Waals surface area contributed by atoms with Crippen LogP contribution in [-0.4, -0.2) is 41.0 Å². The number of piperidine rings is 1. The second kappa shape index (κ2) is 10.2. The highest BCUT2D eigenvalue weighted by atomic mass is 32.2. The van der Waals surface area contributed by atoms with Crippen molar-refractivity contribution < 1.29 is 4.79 Å². The summed E-state index contributed by atoms with van der Waals surface area (Å²) in [5, 5.41) is 3.82. The molecule has 0 saturated carbocycles. The second-order valence-corrected chi connectivity index (χ2v) is 9.35. The lowest BCUT2D eigenvalue weighted by Gasteiger charge is -2.35. The Hall–Kier alpha value is -1.73. The van der Waals surface area contributed by atoms with Crippen LogP contribution in [-0.2, 0) is 11.3 Å². The van der Waals surface area contributed by atoms with E-state index < -0.39 is 0 Å². The van der Waals surface area contributed by atoms with Gasteiger partial charge in [-0.25, -0.2) is 9.97 Å². The molecule has 0 aliphatic carbocycles. The average Bonchev–Trinajstić information content (AvgIpc) is 2.70. The maximum atomic E-state index is 12.2. The zero-order chi connectivity index (χ0) is 19.9. The standard InChI is InChI=1S/C21H28N4OS2/c1-15-8-16(2)12-25(11-15)19-9-21(24-14-23-19)28-13-20(26)22-10-17-4-6-18(27-3)7-5-17/h4-7,9,14-16H,8,10-13H2,1-3H3,(H,22,26). The van der Waals surface area contributed by atoms with Gasteiger partial charge in [0, 0.05) is 30.6 Å². The van der Waals surface area contributed by atoms with Gasteiger partial charge in [0.25, 0.3) is 0 Å². The molecule has 1 fully saturated rings. The van der Waals surface area contributed by atoms with E-state index in [4.69, 9.17) is 0 Å². The maximum Gasteiger partial charge on any atom is 0.230 e. The molecule has 3 rings (SSSR count). The molecule has 2 atom stereocenters. The van der Waals surface area contributed by atoms with E-state index in [9.17, 15) is 4.79 Å². The van der Waals surface area contributed by atoms with Gasteiger partial charge in [-0.05, 0) is 42.2 Å². The van der Waals surface area contributed by atoms with Crippen LogP contribution in [0.2, 0.25) is 0 Å². The molecule has 1 saturated heterocycles. The van der Waals surface area contributed by atoms with Gasteiger partial charge >= 0.3 is 0 Å². The maximum absolute atomic E-state index is 12.2. The number of hydrogen-bond acceptors (Lipinski definition) is 6. The summed E-state index contributed by atoms with van der Waals surface area (Å²) in [4.78, 5) is 24.5. The van der Waals surface area contributed by atoms with E-state index in [0.717, 1.165) is 29.5 Å². The van der Waals surface area contributed by atoms with Crippen LogP contribution >= 0.6 is 23.5 Å². The number of thioether (sulfide) groups is 2. The predicted octanol–water partition coefficient (Wildman–Crippen LogP) is 4.09. The van der Waals surface area contributed by atoms with Crippen molar-refractivity contribution in [1.82, 2.24) is 15.3 Å². The molecular formula is C21H28N4OS2. The number of benzene rings is 1. The third-order valence-corrected chi connectivity index (χ3v) is 6.49. The first kappa shape index (κ1) is 21.0. The molecule has 1 aromatic heterocycles. The molecule has 2 aromatic rings. The van der Waals surface area contributed by atoms with Crippen molar-refractivity contribution >= 4 is 35.2 Å². The minimum atomic E-state index is 0.0133. The summed E-state index contributed by atoms with van der Waals surface area (Å²) in [6.07, 6.45) is 4.93. The third kappa shape index (κ3) is 6.14. The quantitative estimate of drug-likeness (QED) is 0.542. The normalized spacial score (nSPS) is 19.5. The van der Waals surface area contributed by atoms with Crippen molar-refractivity contribution in [1.29, 1.82) is 0 Å². The van der Waals surface area contributed by atoms with E-state index in [1.807, 2.05) is 6.07 Å². The molecule has 0 bridgehead atoms. The summed E-state index contributed by atoms with van der Waals surface area (Å²) < 4.78 is 0. The van der Waals surface area contributed by atoms with Crippen molar-refractivity contribution in [2.24, 2.45) is 11.8 Å². The molecule has 1 aliphatic heterocycles. The van der Waals surface area contributed by atoms with Gasteiger partial charge in [-0.3, -0.25) is 4.79 Å². The molecular weight excluding hydrogens is 388 g/mol. The largest absolute Gasteiger partial charge is 0.356 e. The minimum Gasteiger partial charge on any atom is -0.356 e. The Labute approximate surface area is 176 Å². The van der Waals surface area contributed by atoms with Crippen molar-refractivity contribution in [3.8, 4) is 0 Å². The van der Waals surface area contributed by atoms with Crippen molar-refractivity contribution in [2.45, 2.75) is 36.7 Å². The Morgan fingerprint density at radius 3 is 2.57 bits per heavy atom. The monoisotopic (exact) mass is 416 g/mol. The van der Waals surface area contributed by atoms with Crippen LogP contribution in [0.3, 0.4) is 0 Å². The van der Waals surface area contributed by atoms with Gasteiger partial charge in [0.15, 0.2) is 0 Å². The highest BCUT2D eigenvalue weighted by Crippen LogP contribution is 2.26. The van der Waals surface area contributed by atoms with Crippen molar-refractivity contribution in [2.75, 3.05) is 30.0 Å². The van der Waals surface area contributed by atoms with E-state index in [2.05, 4.69) is 64.6 Å². The fraction of sp³-hybridized carbons (Fsp3) is 0.476. The molecule has 0 spiro atoms. The van der Waals surface area contributed by atoms with Crippen LogP contribution < -0.4 is 10.2 Å². The molecule has 7 heteroatoms. The molecule has 1 amide bonds. The van der Waals surface area contributed by atoms with Gasteiger partial charge in [-0.15, -0.1) is 11.8 Å². The topological polar surface area (TPSA) is 58.1 Å². The molecule has 150 valence electrons. The van der Waals surface area contributed by atoms with Gasteiger partial charge in [-0.2, -0.15) is 0 Å². The van der Waals surface area contributed by atoms with Gasteiger partial charge in [0.1, 0.15) is 17.2 Å². The third-order valence-electron chi connectivity index (χ3n) is 4.82. The summed E-state index contributed by atoms with van der Waals surface area (Å²) in [6, 6.07) is 10.3. The molecule has 1 aliphatic rings. The lowest BCUT2D eigenvalue weighted by molar-refractivity contribution is -0.118. The van der Waals surface area contributed by atoms with Gasteiger partial charge in [-0.1, -0.05) is 37.7 Å². The van der Waals surface area contributed by atoms with E-state index in [1.54, 1.807) is 18.1 Å². The fourth-order valence-electron chi connectivity index (χ4n) is 3.57. The molecule has 2 heterocycles. The summed E-state index contributed by atoms with van der Waals surface area (Å²) in [7, 11) is 0. The van der Waals surface area contributed by atoms with E-state index >= 15 is 0 Å². The van der Waals surface area contributed by atoms with E-state index in [-0.39, 0.29) is 5.91 Å². The first-order valence-electron chi connectivity index (χ1n) is 9.63. The van der Waals surface area contributed by atoms with Crippen molar-refractivity contribution in [3.63, 3.8) is 0 Å². The van der Waals surface area contributed by atoms with Crippen LogP contribution in [0.15, 0.2) is 46.6 Å². The zero-order valence-electron chi connectivity index (χ0n) is 16.7. The summed E-state index contributed by atoms with van der Waals surface area (Å²) in [6.45, 7) is 7.19. The fourth-order valence-corrected chi connectivity index (χ4v) is 4.67. The lowest BCUT2D eigenvalue weighted by Crippen LogP contribution is -2.39. The number of hydrogen-bond donors (Lipinski definition) is 1. The number of carbonyl (C=O) groups excluding carboxylic acids is 1. The summed E-state index contributed by atoms with van der Waals surface area (Å²) in [5.74, 6) is 2.67. The molecule has 1 aromatic carbocycles. The number of rotatable bonds is 7. The van der Waals surface area contributed by atoms with Gasteiger partial charge in [0.2, 0.25) is 5.91 Å². The molecule has 28 heavy (non-hydrogen) atoms. The Morgan fingerprint density at radius 1 is 1.18 bits per heavy atom. The molecule has 2 unspecified atom stereocenters. The number of aromatic nitrogens is 2. The number of anilines is 1. The molecule has 5 nitrogen and oxygen atoms in total. The van der Waals surface area contributed by atoms with Crippen LogP contribution in [0.4, 0.5) is 5.82 Å². The minimum absolute atomic E-state index is 0.0133. The van der Waals surface area contributed by atoms with Crippen LogP contribution in [0, 0.1) is 11.8 Å². The number of nitrogens with zero attached hydrogens (tertiary/aromatic N) is 3. The second-order valence-electron chi connectivity index (χ2n) is 7.48. The van der Waals surface area contributed by atoms with Crippen LogP contribution in [0.5, 0.6) is 0 Å². The number of carbonyl (C=O) groups is 1. The van der Waals surface area contributed by atoms with Crippen LogP contribution in [0.1, 0.15) is 25.8 Å². The van der Waals surface area contributed by atoms with E-state index in [1.165, 1.54) is 23.1 Å². The lowest BCUT2D eigenvalue weighted by atomic mass is 9.92. The first-order valence-corrected chi connectivity index (χ1v) is 11.8. The Morgan fingerprint density at radius 2 is 1.89 bits per heavy atom. The SMILES string of the molecule is CSc1ccc(CNC(=O)CSc2cc(N3CC(C)CC(C)C3)ncn2)cc1. The molecule has 1 N–H and O–H groups in total. The number of nitrogens with one attached hydrogen (secondary N) is 1. The Balaban J connectivity index is 1.49.